The van der Waals surface area contributed by atoms with Crippen LogP contribution in [0.3, 0.4) is 0 Å². The maximum Gasteiger partial charge on any atom is 0.255 e. The van der Waals surface area contributed by atoms with E-state index in [0.717, 1.165) is 10.0 Å². The van der Waals surface area contributed by atoms with Gasteiger partial charge in [-0.3, -0.25) is 9.59 Å². The molecule has 4 rings (SSSR count). The Morgan fingerprint density at radius 1 is 0.900 bits per heavy atom. The molecule has 5 nitrogen and oxygen atoms in total. The third-order valence-corrected chi connectivity index (χ3v) is 5.55. The molecule has 1 aliphatic heterocycles. The number of anilines is 1. The van der Waals surface area contributed by atoms with Crippen molar-refractivity contribution in [3.05, 3.63) is 100 Å². The van der Waals surface area contributed by atoms with Crippen LogP contribution in [-0.4, -0.2) is 36.4 Å². The Hall–Kier alpha value is -2.96. The Bertz CT molecular complexity index is 1020. The van der Waals surface area contributed by atoms with Crippen LogP contribution in [0.15, 0.2) is 83.3 Å². The van der Waals surface area contributed by atoms with Crippen molar-refractivity contribution < 1.29 is 14.3 Å². The van der Waals surface area contributed by atoms with E-state index in [4.69, 9.17) is 4.74 Å². The van der Waals surface area contributed by atoms with Gasteiger partial charge in [0.2, 0.25) is 0 Å². The minimum Gasteiger partial charge on any atom is -0.370 e. The molecule has 1 aliphatic rings. The maximum absolute atomic E-state index is 13.0. The number of morpholine rings is 1. The molecule has 2 amide bonds. The fourth-order valence-electron chi connectivity index (χ4n) is 3.38. The molecule has 3 aromatic carbocycles. The first-order valence-electron chi connectivity index (χ1n) is 9.73. The highest BCUT2D eigenvalue weighted by Gasteiger charge is 2.26. The van der Waals surface area contributed by atoms with Gasteiger partial charge in [0.25, 0.3) is 11.8 Å². The second-order valence-electron chi connectivity index (χ2n) is 7.06. The number of benzene rings is 3. The molecule has 1 N–H and O–H groups in total. The van der Waals surface area contributed by atoms with Gasteiger partial charge in [-0.1, -0.05) is 46.3 Å². The van der Waals surface area contributed by atoms with E-state index in [2.05, 4.69) is 21.2 Å². The molecular weight excluding hydrogens is 444 g/mol. The lowest BCUT2D eigenvalue weighted by Gasteiger charge is -2.33. The monoisotopic (exact) mass is 464 g/mol. The number of hydrogen-bond acceptors (Lipinski definition) is 3. The number of amides is 2. The summed E-state index contributed by atoms with van der Waals surface area (Å²) in [5, 5.41) is 2.85. The van der Waals surface area contributed by atoms with Gasteiger partial charge in [-0.05, 0) is 54.1 Å². The van der Waals surface area contributed by atoms with E-state index in [-0.39, 0.29) is 17.9 Å². The average Bonchev–Trinajstić information content (AvgIpc) is 2.80. The summed E-state index contributed by atoms with van der Waals surface area (Å²) < 4.78 is 6.88. The number of carbonyl (C=O) groups excluding carboxylic acids is 2. The van der Waals surface area contributed by atoms with Crippen molar-refractivity contribution in [2.75, 3.05) is 25.0 Å². The van der Waals surface area contributed by atoms with E-state index in [9.17, 15) is 9.59 Å². The first kappa shape index (κ1) is 20.3. The highest BCUT2D eigenvalue weighted by molar-refractivity contribution is 9.10. The number of nitrogens with one attached hydrogen (secondary N) is 1. The molecule has 0 saturated carbocycles. The van der Waals surface area contributed by atoms with E-state index in [1.807, 2.05) is 47.4 Å². The number of rotatable bonds is 4. The van der Waals surface area contributed by atoms with Crippen molar-refractivity contribution in [1.82, 2.24) is 4.90 Å². The average molecular weight is 465 g/mol. The summed E-state index contributed by atoms with van der Waals surface area (Å²) in [6.45, 7) is 1.56. The van der Waals surface area contributed by atoms with E-state index in [1.165, 1.54) is 0 Å². The van der Waals surface area contributed by atoms with Crippen molar-refractivity contribution >= 4 is 33.4 Å². The Morgan fingerprint density at radius 2 is 1.60 bits per heavy atom. The van der Waals surface area contributed by atoms with Crippen molar-refractivity contribution in [3.63, 3.8) is 0 Å². The van der Waals surface area contributed by atoms with Crippen LogP contribution in [0.4, 0.5) is 5.69 Å². The molecule has 1 heterocycles. The Kier molecular flexibility index (Phi) is 6.26. The second-order valence-corrected chi connectivity index (χ2v) is 7.98. The molecule has 30 heavy (non-hydrogen) atoms. The zero-order valence-corrected chi connectivity index (χ0v) is 17.8. The predicted octanol–water partition coefficient (Wildman–Crippen LogP) is 4.92. The van der Waals surface area contributed by atoms with Crippen molar-refractivity contribution in [2.24, 2.45) is 0 Å². The Labute approximate surface area is 183 Å². The van der Waals surface area contributed by atoms with Crippen LogP contribution in [0.5, 0.6) is 0 Å². The molecule has 152 valence electrons. The van der Waals surface area contributed by atoms with Gasteiger partial charge in [0.15, 0.2) is 0 Å². The van der Waals surface area contributed by atoms with Gasteiger partial charge in [0, 0.05) is 27.8 Å². The van der Waals surface area contributed by atoms with Crippen molar-refractivity contribution in [3.8, 4) is 0 Å². The van der Waals surface area contributed by atoms with Gasteiger partial charge in [-0.15, -0.1) is 0 Å². The molecule has 0 bridgehead atoms. The SMILES string of the molecule is O=C(Nc1ccc(C(=O)N2CCOC(c3ccc(Br)cc3)C2)cc1)c1ccccc1. The smallest absolute Gasteiger partial charge is 0.255 e. The van der Waals surface area contributed by atoms with E-state index >= 15 is 0 Å². The highest BCUT2D eigenvalue weighted by atomic mass is 79.9. The number of halogens is 1. The van der Waals surface area contributed by atoms with Gasteiger partial charge < -0.3 is 15.0 Å². The van der Waals surface area contributed by atoms with Gasteiger partial charge in [0.1, 0.15) is 6.10 Å². The summed E-state index contributed by atoms with van der Waals surface area (Å²) in [5.41, 5.74) is 2.87. The first-order valence-corrected chi connectivity index (χ1v) is 10.5. The topological polar surface area (TPSA) is 58.6 Å². The van der Waals surface area contributed by atoms with Crippen LogP contribution in [-0.2, 0) is 4.74 Å². The van der Waals surface area contributed by atoms with Gasteiger partial charge in [-0.2, -0.15) is 0 Å². The molecule has 1 unspecified atom stereocenters. The molecule has 1 fully saturated rings. The van der Waals surface area contributed by atoms with Crippen LogP contribution in [0, 0.1) is 0 Å². The number of ether oxygens (including phenoxy) is 1. The summed E-state index contributed by atoms with van der Waals surface area (Å²) in [7, 11) is 0. The standard InChI is InChI=1S/C24H21BrN2O3/c25-20-10-6-17(7-11-20)22-16-27(14-15-30-22)24(29)19-8-12-21(13-9-19)26-23(28)18-4-2-1-3-5-18/h1-13,22H,14-16H2,(H,26,28). The molecule has 6 heteroatoms. The third kappa shape index (κ3) is 4.78. The van der Waals surface area contributed by atoms with Crippen LogP contribution in [0.1, 0.15) is 32.4 Å². The van der Waals surface area contributed by atoms with Gasteiger partial charge >= 0.3 is 0 Å². The lowest BCUT2D eigenvalue weighted by atomic mass is 10.1. The highest BCUT2D eigenvalue weighted by Crippen LogP contribution is 2.25. The molecule has 0 aliphatic carbocycles. The lowest BCUT2D eigenvalue weighted by Crippen LogP contribution is -2.42. The predicted molar refractivity (Wildman–Crippen MR) is 120 cm³/mol. The normalized spacial score (nSPS) is 16.2. The van der Waals surface area contributed by atoms with E-state index in [1.54, 1.807) is 36.4 Å². The van der Waals surface area contributed by atoms with Crippen LogP contribution in [0.2, 0.25) is 0 Å². The fourth-order valence-corrected chi connectivity index (χ4v) is 3.65. The first-order chi connectivity index (χ1) is 14.6. The van der Waals surface area contributed by atoms with Crippen LogP contribution < -0.4 is 5.32 Å². The molecule has 0 aromatic heterocycles. The molecule has 3 aromatic rings. The molecule has 1 atom stereocenters. The van der Waals surface area contributed by atoms with Crippen LogP contribution >= 0.6 is 15.9 Å². The zero-order valence-electron chi connectivity index (χ0n) is 16.3. The quantitative estimate of drug-likeness (QED) is 0.596. The number of nitrogens with zero attached hydrogens (tertiary/aromatic N) is 1. The lowest BCUT2D eigenvalue weighted by molar-refractivity contribution is -0.0228. The Balaban J connectivity index is 1.40. The largest absolute Gasteiger partial charge is 0.370 e. The van der Waals surface area contributed by atoms with Gasteiger partial charge in [0.05, 0.1) is 13.2 Å². The minimum absolute atomic E-state index is 0.0404. The molecule has 0 spiro atoms. The Morgan fingerprint density at radius 3 is 2.30 bits per heavy atom. The number of carbonyl (C=O) groups is 2. The van der Waals surface area contributed by atoms with Crippen molar-refractivity contribution in [2.45, 2.75) is 6.10 Å². The fraction of sp³-hybridized carbons (Fsp3) is 0.167. The number of hydrogen-bond donors (Lipinski definition) is 1. The molecule has 1 saturated heterocycles. The summed E-state index contributed by atoms with van der Waals surface area (Å²) in [6, 6.07) is 24.0. The molecular formula is C24H21BrN2O3. The van der Waals surface area contributed by atoms with Crippen molar-refractivity contribution in [1.29, 1.82) is 0 Å². The zero-order chi connectivity index (χ0) is 20.9. The van der Waals surface area contributed by atoms with E-state index in [0.29, 0.717) is 36.5 Å². The third-order valence-electron chi connectivity index (χ3n) is 5.02. The summed E-state index contributed by atoms with van der Waals surface area (Å²) in [5.74, 6) is -0.221. The summed E-state index contributed by atoms with van der Waals surface area (Å²) >= 11 is 3.44. The molecule has 0 radical (unpaired) electrons. The maximum atomic E-state index is 13.0. The second kappa shape index (κ2) is 9.24. The minimum atomic E-state index is -0.180. The van der Waals surface area contributed by atoms with Gasteiger partial charge in [-0.25, -0.2) is 0 Å². The van der Waals surface area contributed by atoms with E-state index < -0.39 is 0 Å². The summed E-state index contributed by atoms with van der Waals surface area (Å²) in [6.07, 6.45) is -0.139. The van der Waals surface area contributed by atoms with Crippen LogP contribution in [0.25, 0.3) is 0 Å². The summed E-state index contributed by atoms with van der Waals surface area (Å²) in [4.78, 5) is 27.0.